The number of nitrogens with one attached hydrogen (secondary N) is 2. The highest BCUT2D eigenvalue weighted by molar-refractivity contribution is 6.09. The molecular weight excluding hydrogens is 360 g/mol. The predicted molar refractivity (Wildman–Crippen MR) is 120 cm³/mol. The number of benzene rings is 3. The molecule has 0 radical (unpaired) electrons. The first kappa shape index (κ1) is 18.5. The van der Waals surface area contributed by atoms with Crippen LogP contribution in [0.2, 0.25) is 0 Å². The average molecular weight is 382 g/mol. The Morgan fingerprint density at radius 2 is 1.62 bits per heavy atom. The molecule has 0 saturated carbocycles. The van der Waals surface area contributed by atoms with Crippen molar-refractivity contribution in [1.29, 1.82) is 0 Å². The number of rotatable bonds is 5. The number of nitrogens with zero attached hydrogens (tertiary/aromatic N) is 2. The van der Waals surface area contributed by atoms with E-state index in [1.807, 2.05) is 97.9 Å². The van der Waals surface area contributed by atoms with Gasteiger partial charge in [-0.05, 0) is 29.3 Å². The number of aromatic amines is 1. The number of anilines is 1. The first-order valence-electron chi connectivity index (χ1n) is 9.40. The van der Waals surface area contributed by atoms with Gasteiger partial charge in [0, 0.05) is 36.2 Å². The van der Waals surface area contributed by atoms with Crippen molar-refractivity contribution in [2.75, 3.05) is 19.0 Å². The van der Waals surface area contributed by atoms with Crippen LogP contribution in [0, 0.1) is 0 Å². The van der Waals surface area contributed by atoms with Crippen molar-refractivity contribution >= 4 is 28.7 Å². The number of hydrogen-bond donors (Lipinski definition) is 2. The fourth-order valence-corrected chi connectivity index (χ4v) is 3.30. The van der Waals surface area contributed by atoms with Crippen molar-refractivity contribution in [2.45, 2.75) is 0 Å². The van der Waals surface area contributed by atoms with E-state index in [-0.39, 0.29) is 5.91 Å². The monoisotopic (exact) mass is 382 g/mol. The fourth-order valence-electron chi connectivity index (χ4n) is 3.30. The lowest BCUT2D eigenvalue weighted by Crippen LogP contribution is -2.18. The van der Waals surface area contributed by atoms with E-state index in [9.17, 15) is 4.79 Å². The molecule has 1 heterocycles. The highest BCUT2D eigenvalue weighted by atomic mass is 16.2. The zero-order valence-electron chi connectivity index (χ0n) is 16.4. The molecule has 144 valence electrons. The van der Waals surface area contributed by atoms with Crippen LogP contribution in [0.5, 0.6) is 0 Å². The Labute approximate surface area is 169 Å². The molecule has 4 rings (SSSR count). The van der Waals surface area contributed by atoms with Crippen molar-refractivity contribution in [2.24, 2.45) is 5.10 Å². The van der Waals surface area contributed by atoms with Gasteiger partial charge in [0.15, 0.2) is 0 Å². The summed E-state index contributed by atoms with van der Waals surface area (Å²) in [7, 11) is 3.99. The summed E-state index contributed by atoms with van der Waals surface area (Å²) in [6, 6.07) is 25.7. The molecule has 0 aliphatic heterocycles. The van der Waals surface area contributed by atoms with E-state index in [1.54, 1.807) is 6.21 Å². The lowest BCUT2D eigenvalue weighted by molar-refractivity contribution is 0.0951. The lowest BCUT2D eigenvalue weighted by atomic mass is 10.0. The number of hydrazone groups is 1. The third kappa shape index (κ3) is 3.89. The zero-order valence-corrected chi connectivity index (χ0v) is 16.4. The maximum absolute atomic E-state index is 12.9. The summed E-state index contributed by atoms with van der Waals surface area (Å²) in [5.41, 5.74) is 7.94. The van der Waals surface area contributed by atoms with E-state index in [1.165, 1.54) is 0 Å². The minimum absolute atomic E-state index is 0.277. The second-order valence-corrected chi connectivity index (χ2v) is 6.97. The molecule has 4 aromatic rings. The Bertz CT molecular complexity index is 1160. The second-order valence-electron chi connectivity index (χ2n) is 6.97. The number of hydrogen-bond acceptors (Lipinski definition) is 3. The summed E-state index contributed by atoms with van der Waals surface area (Å²) in [5, 5.41) is 5.15. The SMILES string of the molecule is CN(C)c1ccc(C=NNC(=O)c2[nH]c3ccccc3c2-c2ccccc2)cc1. The minimum atomic E-state index is -0.277. The van der Waals surface area contributed by atoms with E-state index in [2.05, 4.69) is 15.5 Å². The van der Waals surface area contributed by atoms with Crippen LogP contribution in [0.25, 0.3) is 22.0 Å². The second kappa shape index (κ2) is 8.02. The zero-order chi connectivity index (χ0) is 20.2. The number of carbonyl (C=O) groups excluding carboxylic acids is 1. The molecule has 5 heteroatoms. The molecule has 3 aromatic carbocycles. The van der Waals surface area contributed by atoms with Crippen LogP contribution in [-0.4, -0.2) is 31.2 Å². The molecule has 1 aromatic heterocycles. The topological polar surface area (TPSA) is 60.5 Å². The van der Waals surface area contributed by atoms with Crippen LogP contribution >= 0.6 is 0 Å². The molecule has 29 heavy (non-hydrogen) atoms. The Kier molecular flexibility index (Phi) is 5.12. The summed E-state index contributed by atoms with van der Waals surface area (Å²) in [4.78, 5) is 18.2. The average Bonchev–Trinajstić information content (AvgIpc) is 3.14. The standard InChI is InChI=1S/C24H22N4O/c1-28(2)19-14-12-17(13-15-19)16-25-27-24(29)23-22(18-8-4-3-5-9-18)20-10-6-7-11-21(20)26-23/h3-16,26H,1-2H3,(H,27,29). The van der Waals surface area contributed by atoms with Gasteiger partial charge in [0.05, 0.1) is 6.21 Å². The number of aromatic nitrogens is 1. The Morgan fingerprint density at radius 3 is 2.34 bits per heavy atom. The first-order valence-corrected chi connectivity index (χ1v) is 9.40. The van der Waals surface area contributed by atoms with Crippen LogP contribution in [0.4, 0.5) is 5.69 Å². The Balaban J connectivity index is 1.60. The molecule has 0 unspecified atom stereocenters. The number of fused-ring (bicyclic) bond motifs is 1. The van der Waals surface area contributed by atoms with Crippen LogP contribution in [0.3, 0.4) is 0 Å². The molecule has 1 amide bonds. The Hall–Kier alpha value is -3.86. The molecule has 0 fully saturated rings. The van der Waals surface area contributed by atoms with Gasteiger partial charge in [0.1, 0.15) is 5.69 Å². The molecule has 0 saturated heterocycles. The van der Waals surface area contributed by atoms with Gasteiger partial charge >= 0.3 is 0 Å². The summed E-state index contributed by atoms with van der Waals surface area (Å²) < 4.78 is 0. The summed E-state index contributed by atoms with van der Waals surface area (Å²) in [6.07, 6.45) is 1.64. The van der Waals surface area contributed by atoms with Gasteiger partial charge < -0.3 is 9.88 Å². The van der Waals surface area contributed by atoms with Gasteiger partial charge in [-0.2, -0.15) is 5.10 Å². The van der Waals surface area contributed by atoms with E-state index in [0.717, 1.165) is 33.3 Å². The molecule has 0 aliphatic carbocycles. The molecule has 5 nitrogen and oxygen atoms in total. The van der Waals surface area contributed by atoms with Crippen molar-refractivity contribution in [3.8, 4) is 11.1 Å². The van der Waals surface area contributed by atoms with Crippen LogP contribution in [0.1, 0.15) is 16.1 Å². The molecule has 0 atom stereocenters. The maximum atomic E-state index is 12.9. The number of H-pyrrole nitrogens is 1. The normalized spacial score (nSPS) is 11.1. The summed E-state index contributed by atoms with van der Waals surface area (Å²) >= 11 is 0. The fraction of sp³-hybridized carbons (Fsp3) is 0.0833. The highest BCUT2D eigenvalue weighted by Crippen LogP contribution is 2.32. The quantitative estimate of drug-likeness (QED) is 0.389. The van der Waals surface area contributed by atoms with E-state index in [4.69, 9.17) is 0 Å². The van der Waals surface area contributed by atoms with Crippen molar-refractivity contribution < 1.29 is 4.79 Å². The molecule has 0 spiro atoms. The third-order valence-corrected chi connectivity index (χ3v) is 4.78. The smallest absolute Gasteiger partial charge is 0.288 e. The van der Waals surface area contributed by atoms with E-state index >= 15 is 0 Å². The van der Waals surface area contributed by atoms with Crippen molar-refractivity contribution in [1.82, 2.24) is 10.4 Å². The third-order valence-electron chi connectivity index (χ3n) is 4.78. The predicted octanol–water partition coefficient (Wildman–Crippen LogP) is 4.66. The minimum Gasteiger partial charge on any atom is -0.378 e. The largest absolute Gasteiger partial charge is 0.378 e. The van der Waals surface area contributed by atoms with Gasteiger partial charge in [-0.15, -0.1) is 0 Å². The van der Waals surface area contributed by atoms with Gasteiger partial charge in [0.2, 0.25) is 0 Å². The first-order chi connectivity index (χ1) is 14.1. The maximum Gasteiger partial charge on any atom is 0.288 e. The van der Waals surface area contributed by atoms with Crippen LogP contribution in [-0.2, 0) is 0 Å². The van der Waals surface area contributed by atoms with Crippen LogP contribution in [0.15, 0.2) is 84.0 Å². The summed E-state index contributed by atoms with van der Waals surface area (Å²) in [6.45, 7) is 0. The highest BCUT2D eigenvalue weighted by Gasteiger charge is 2.18. The van der Waals surface area contributed by atoms with Crippen molar-refractivity contribution in [3.63, 3.8) is 0 Å². The molecular formula is C24H22N4O. The molecule has 2 N–H and O–H groups in total. The van der Waals surface area contributed by atoms with Gasteiger partial charge in [-0.25, -0.2) is 5.43 Å². The van der Waals surface area contributed by atoms with E-state index in [0.29, 0.717) is 5.69 Å². The molecule has 0 bridgehead atoms. The number of carbonyl (C=O) groups is 1. The van der Waals surface area contributed by atoms with Crippen LogP contribution < -0.4 is 10.3 Å². The van der Waals surface area contributed by atoms with E-state index < -0.39 is 0 Å². The van der Waals surface area contributed by atoms with Gasteiger partial charge in [0.25, 0.3) is 5.91 Å². The number of amides is 1. The Morgan fingerprint density at radius 1 is 0.931 bits per heavy atom. The van der Waals surface area contributed by atoms with Gasteiger partial charge in [-0.1, -0.05) is 60.7 Å². The summed E-state index contributed by atoms with van der Waals surface area (Å²) in [5.74, 6) is -0.277. The van der Waals surface area contributed by atoms with Gasteiger partial charge in [-0.3, -0.25) is 4.79 Å². The molecule has 0 aliphatic rings. The number of para-hydroxylation sites is 1. The lowest BCUT2D eigenvalue weighted by Gasteiger charge is -2.11. The van der Waals surface area contributed by atoms with Crippen molar-refractivity contribution in [3.05, 3.63) is 90.1 Å².